The second-order valence-corrected chi connectivity index (χ2v) is 10.7. The summed E-state index contributed by atoms with van der Waals surface area (Å²) in [6.07, 6.45) is 5.40. The maximum absolute atomic E-state index is 13.3. The van der Waals surface area contributed by atoms with E-state index in [-0.39, 0.29) is 5.15 Å². The Bertz CT molecular complexity index is 1850. The second-order valence-electron chi connectivity index (χ2n) is 7.86. The lowest BCUT2D eigenvalue weighted by atomic mass is 10.2. The molecule has 0 saturated carbocycles. The number of rotatable bonds is 2. The van der Waals surface area contributed by atoms with Gasteiger partial charge in [0.15, 0.2) is 0 Å². The van der Waals surface area contributed by atoms with Crippen molar-refractivity contribution < 1.29 is 8.78 Å². The molecule has 0 atom stereocenters. The van der Waals surface area contributed by atoms with Crippen molar-refractivity contribution in [2.24, 2.45) is 0 Å². The number of aromatic nitrogens is 6. The summed E-state index contributed by atoms with van der Waals surface area (Å²) in [6, 6.07) is 13.1. The fraction of sp³-hybridized carbons (Fsp3) is 0. The summed E-state index contributed by atoms with van der Waals surface area (Å²) in [5.41, 5.74) is 8.03. The molecular weight excluding hydrogens is 729 g/mol. The molecule has 208 valence electrons. The molecular formula is C26H15Br2Cl3F2N8. The van der Waals surface area contributed by atoms with Gasteiger partial charge in [-0.3, -0.25) is 0 Å². The van der Waals surface area contributed by atoms with Crippen molar-refractivity contribution in [2.45, 2.75) is 0 Å². The Morgan fingerprint density at radius 3 is 1.83 bits per heavy atom. The molecule has 15 heteroatoms. The van der Waals surface area contributed by atoms with E-state index in [0.717, 1.165) is 14.6 Å². The largest absolute Gasteiger partial charge is 0.399 e. The van der Waals surface area contributed by atoms with Gasteiger partial charge in [-0.25, -0.2) is 29.9 Å². The molecule has 6 rings (SSSR count). The molecule has 0 saturated heterocycles. The van der Waals surface area contributed by atoms with Crippen LogP contribution in [-0.2, 0) is 0 Å². The highest BCUT2D eigenvalue weighted by molar-refractivity contribution is 9.10. The van der Waals surface area contributed by atoms with E-state index in [1.54, 1.807) is 30.3 Å². The van der Waals surface area contributed by atoms with Crippen molar-refractivity contribution >= 4 is 106 Å². The van der Waals surface area contributed by atoms with Crippen molar-refractivity contribution in [1.82, 2.24) is 29.9 Å². The number of nitrogens with two attached hydrogens (primary N) is 1. The number of benzene rings is 2. The van der Waals surface area contributed by atoms with Gasteiger partial charge in [0.25, 0.3) is 0 Å². The van der Waals surface area contributed by atoms with Gasteiger partial charge in [-0.2, -0.15) is 8.78 Å². The minimum absolute atomic E-state index is 0.237. The van der Waals surface area contributed by atoms with E-state index in [1.807, 2.05) is 6.07 Å². The van der Waals surface area contributed by atoms with Crippen molar-refractivity contribution in [1.29, 1.82) is 0 Å². The third kappa shape index (κ3) is 8.37. The maximum Gasteiger partial charge on any atom is 0.213 e. The molecule has 4 aromatic heterocycles. The van der Waals surface area contributed by atoms with Gasteiger partial charge in [0, 0.05) is 43.2 Å². The lowest BCUT2D eigenvalue weighted by Gasteiger charge is -2.09. The van der Waals surface area contributed by atoms with E-state index in [1.165, 1.54) is 37.2 Å². The average Bonchev–Trinajstić information content (AvgIpc) is 2.94. The molecule has 0 aliphatic carbocycles. The van der Waals surface area contributed by atoms with E-state index < -0.39 is 11.9 Å². The van der Waals surface area contributed by atoms with E-state index in [2.05, 4.69) is 67.1 Å². The maximum atomic E-state index is 13.3. The van der Waals surface area contributed by atoms with E-state index in [0.29, 0.717) is 43.4 Å². The van der Waals surface area contributed by atoms with Crippen LogP contribution in [0.15, 0.2) is 82.5 Å². The van der Waals surface area contributed by atoms with Crippen LogP contribution in [0, 0.1) is 11.9 Å². The number of nitrogen functional groups attached to an aromatic ring is 1. The van der Waals surface area contributed by atoms with Crippen LogP contribution in [-0.4, -0.2) is 29.9 Å². The summed E-state index contributed by atoms with van der Waals surface area (Å²) in [7, 11) is 0. The third-order valence-corrected chi connectivity index (χ3v) is 7.78. The standard InChI is InChI=1S/C13H7BrClFN4.C7H3ClFN3.C6H5BrClN/c14-9-3-7(1-2-10(9)15)20-13-8-4-12(16)17-5-11(8)18-6-19-13;8-7-4-1-6(9)10-2-5(4)11-3-12-7;7-5-3-4(9)1-2-6(5)8/h1-6H,(H,18,19,20);1-3H;1-3H,9H2. The number of anilines is 3. The van der Waals surface area contributed by atoms with Crippen LogP contribution in [0.2, 0.25) is 15.2 Å². The normalized spacial score (nSPS) is 10.4. The summed E-state index contributed by atoms with van der Waals surface area (Å²) >= 11 is 23.9. The molecule has 41 heavy (non-hydrogen) atoms. The lowest BCUT2D eigenvalue weighted by Crippen LogP contribution is -1.97. The minimum Gasteiger partial charge on any atom is -0.399 e. The van der Waals surface area contributed by atoms with Crippen LogP contribution in [0.4, 0.5) is 26.0 Å². The quantitative estimate of drug-likeness (QED) is 0.103. The topological polar surface area (TPSA) is 115 Å². The first kappa shape index (κ1) is 30.7. The molecule has 4 heterocycles. The molecule has 8 nitrogen and oxygen atoms in total. The second kappa shape index (κ2) is 14.1. The summed E-state index contributed by atoms with van der Waals surface area (Å²) in [6.45, 7) is 0. The smallest absolute Gasteiger partial charge is 0.213 e. The molecule has 0 aliphatic rings. The zero-order valence-corrected chi connectivity index (χ0v) is 25.8. The predicted molar refractivity (Wildman–Crippen MR) is 166 cm³/mol. The third-order valence-electron chi connectivity index (χ3n) is 5.05. The highest BCUT2D eigenvalue weighted by atomic mass is 79.9. The number of nitrogens with one attached hydrogen (secondary N) is 1. The molecule has 6 aromatic rings. The van der Waals surface area contributed by atoms with Crippen molar-refractivity contribution in [3.63, 3.8) is 0 Å². The summed E-state index contributed by atoms with van der Waals surface area (Å²) < 4.78 is 27.4. The number of fused-ring (bicyclic) bond motifs is 2. The van der Waals surface area contributed by atoms with Gasteiger partial charge < -0.3 is 11.1 Å². The average molecular weight is 744 g/mol. The summed E-state index contributed by atoms with van der Waals surface area (Å²) in [5.74, 6) is -0.655. The zero-order chi connectivity index (χ0) is 29.5. The first-order valence-electron chi connectivity index (χ1n) is 11.2. The first-order chi connectivity index (χ1) is 19.6. The minimum atomic E-state index is -0.584. The van der Waals surface area contributed by atoms with Gasteiger partial charge in [-0.05, 0) is 68.3 Å². The molecule has 0 unspecified atom stereocenters. The van der Waals surface area contributed by atoms with Gasteiger partial charge in [0.05, 0.1) is 33.5 Å². The Morgan fingerprint density at radius 2 is 1.22 bits per heavy atom. The fourth-order valence-corrected chi connectivity index (χ4v) is 4.36. The van der Waals surface area contributed by atoms with Crippen molar-refractivity contribution in [3.05, 3.63) is 110 Å². The van der Waals surface area contributed by atoms with Gasteiger partial charge in [-0.15, -0.1) is 0 Å². The Hall–Kier alpha value is -3.29. The Morgan fingerprint density at radius 1 is 0.659 bits per heavy atom. The summed E-state index contributed by atoms with van der Waals surface area (Å²) in [4.78, 5) is 22.7. The van der Waals surface area contributed by atoms with Crippen LogP contribution < -0.4 is 11.1 Å². The number of pyridine rings is 2. The van der Waals surface area contributed by atoms with Gasteiger partial charge in [0.2, 0.25) is 11.9 Å². The monoisotopic (exact) mass is 740 g/mol. The van der Waals surface area contributed by atoms with Gasteiger partial charge >= 0.3 is 0 Å². The molecule has 2 aromatic carbocycles. The van der Waals surface area contributed by atoms with Gasteiger partial charge in [0.1, 0.15) is 23.6 Å². The van der Waals surface area contributed by atoms with Crippen LogP contribution in [0.3, 0.4) is 0 Å². The molecule has 0 radical (unpaired) electrons. The van der Waals surface area contributed by atoms with Gasteiger partial charge in [-0.1, -0.05) is 34.8 Å². The van der Waals surface area contributed by atoms with Crippen LogP contribution >= 0.6 is 66.7 Å². The van der Waals surface area contributed by atoms with Crippen molar-refractivity contribution in [3.8, 4) is 0 Å². The fourth-order valence-electron chi connectivity index (χ4n) is 3.16. The van der Waals surface area contributed by atoms with Crippen LogP contribution in [0.1, 0.15) is 0 Å². The lowest BCUT2D eigenvalue weighted by molar-refractivity contribution is 0.585. The van der Waals surface area contributed by atoms with E-state index in [4.69, 9.17) is 40.5 Å². The molecule has 0 fully saturated rings. The number of hydrogen-bond donors (Lipinski definition) is 2. The molecule has 3 N–H and O–H groups in total. The molecule has 0 spiro atoms. The van der Waals surface area contributed by atoms with E-state index in [9.17, 15) is 8.78 Å². The number of nitrogens with zero attached hydrogens (tertiary/aromatic N) is 6. The Labute approximate surface area is 263 Å². The highest BCUT2D eigenvalue weighted by Crippen LogP contribution is 2.29. The van der Waals surface area contributed by atoms with Crippen LogP contribution in [0.25, 0.3) is 21.8 Å². The van der Waals surface area contributed by atoms with E-state index >= 15 is 0 Å². The Balaban J connectivity index is 0.000000156. The predicted octanol–water partition coefficient (Wildman–Crippen LogP) is 8.83. The SMILES string of the molecule is Fc1cc2c(Cl)ncnc2cn1.Fc1cc2c(Nc3ccc(Cl)c(Br)c3)ncnc2cn1.Nc1ccc(Cl)c(Br)c1. The summed E-state index contributed by atoms with van der Waals surface area (Å²) in [5, 5.41) is 5.68. The van der Waals surface area contributed by atoms with Crippen molar-refractivity contribution in [2.75, 3.05) is 11.1 Å². The molecule has 0 amide bonds. The molecule has 0 bridgehead atoms. The molecule has 0 aliphatic heterocycles. The first-order valence-corrected chi connectivity index (χ1v) is 13.9. The Kier molecular flexibility index (Phi) is 10.5. The number of hydrogen-bond acceptors (Lipinski definition) is 8. The number of halogens is 7. The zero-order valence-electron chi connectivity index (χ0n) is 20.3. The van der Waals surface area contributed by atoms with Crippen LogP contribution in [0.5, 0.6) is 0 Å². The highest BCUT2D eigenvalue weighted by Gasteiger charge is 2.07.